The largest absolute Gasteiger partial charge is 0.550 e. The molecule has 0 amide bonds. The highest BCUT2D eigenvalue weighted by Crippen LogP contribution is 2.08. The third-order valence-electron chi connectivity index (χ3n) is 1.49. The van der Waals surface area contributed by atoms with Gasteiger partial charge >= 0.3 is 0 Å². The Morgan fingerprint density at radius 2 is 2.00 bits per heavy atom. The minimum absolute atomic E-state index is 0.657. The fourth-order valence-electron chi connectivity index (χ4n) is 0.674. The van der Waals surface area contributed by atoms with Crippen LogP contribution in [0.4, 0.5) is 0 Å². The summed E-state index contributed by atoms with van der Waals surface area (Å²) in [7, 11) is -1.41. The lowest BCUT2D eigenvalue weighted by Crippen LogP contribution is -2.22. The molecule has 1 heterocycles. The Hall–Kier alpha value is -0.323. The smallest absolute Gasteiger partial charge is 0.241 e. The summed E-state index contributed by atoms with van der Waals surface area (Å²) in [4.78, 5) is 5.38. The first-order chi connectivity index (χ1) is 5.97. The highest BCUT2D eigenvalue weighted by molar-refractivity contribution is 6.69. The summed E-state index contributed by atoms with van der Waals surface area (Å²) >= 11 is 0. The number of hydroxylamine groups is 2. The molecule has 0 aromatic rings. The number of nitrogens with zero attached hydrogens (tertiary/aromatic N) is 1. The normalized spacial score (nSPS) is 18.9. The topological polar surface area (TPSA) is 21.5 Å². The van der Waals surface area contributed by atoms with Crippen LogP contribution in [0.5, 0.6) is 0 Å². The molecule has 0 aliphatic carbocycles. The number of hydrogen-bond acceptors (Lipinski definition) is 3. The van der Waals surface area contributed by atoms with Crippen molar-refractivity contribution in [3.63, 3.8) is 0 Å². The molecule has 1 aliphatic rings. The van der Waals surface area contributed by atoms with E-state index in [2.05, 4.69) is 19.6 Å². The molecule has 76 valence electrons. The average molecular weight is 201 g/mol. The zero-order chi connectivity index (χ0) is 9.90. The van der Waals surface area contributed by atoms with Gasteiger partial charge in [0.25, 0.3) is 0 Å². The first kappa shape index (κ1) is 10.8. The van der Waals surface area contributed by atoms with E-state index < -0.39 is 8.32 Å². The van der Waals surface area contributed by atoms with Crippen molar-refractivity contribution < 1.29 is 9.26 Å². The predicted molar refractivity (Wildman–Crippen MR) is 55.7 cm³/mol. The standard InChI is InChI=1S/C9H19NO2Si/c1-9(7-11-10-5-6-10)8-12-13(2,3)4/h8H,5-7H2,1-4H3. The predicted octanol–water partition coefficient (Wildman–Crippen LogP) is 1.99. The number of hydrogen-bond donors (Lipinski definition) is 0. The SMILES string of the molecule is CC(=CO[Si](C)(C)C)CON1CC1. The highest BCUT2D eigenvalue weighted by Gasteiger charge is 2.18. The fourth-order valence-corrected chi connectivity index (χ4v) is 1.23. The highest BCUT2D eigenvalue weighted by atomic mass is 28.4. The molecule has 0 N–H and O–H groups in total. The van der Waals surface area contributed by atoms with E-state index in [1.54, 1.807) is 0 Å². The quantitative estimate of drug-likeness (QED) is 0.386. The van der Waals surface area contributed by atoms with Gasteiger partial charge in [0.1, 0.15) is 0 Å². The molecule has 13 heavy (non-hydrogen) atoms. The molecule has 1 aliphatic heterocycles. The molecule has 0 bridgehead atoms. The zero-order valence-corrected chi connectivity index (χ0v) is 9.96. The Kier molecular flexibility index (Phi) is 3.52. The number of rotatable bonds is 5. The maximum Gasteiger partial charge on any atom is 0.241 e. The first-order valence-corrected chi connectivity index (χ1v) is 8.09. The Balaban J connectivity index is 2.16. The Bertz CT molecular complexity index is 194. The van der Waals surface area contributed by atoms with Crippen molar-refractivity contribution in [3.8, 4) is 0 Å². The molecule has 0 atom stereocenters. The van der Waals surface area contributed by atoms with Gasteiger partial charge in [-0.15, -0.1) is 0 Å². The maximum absolute atomic E-state index is 5.62. The van der Waals surface area contributed by atoms with Crippen molar-refractivity contribution in [2.45, 2.75) is 26.6 Å². The van der Waals surface area contributed by atoms with E-state index in [1.807, 2.05) is 18.2 Å². The van der Waals surface area contributed by atoms with Crippen LogP contribution in [0, 0.1) is 0 Å². The first-order valence-electron chi connectivity index (χ1n) is 4.69. The van der Waals surface area contributed by atoms with Crippen molar-refractivity contribution in [2.24, 2.45) is 0 Å². The van der Waals surface area contributed by atoms with Crippen LogP contribution in [0.2, 0.25) is 19.6 Å². The van der Waals surface area contributed by atoms with Gasteiger partial charge in [-0.1, -0.05) is 0 Å². The van der Waals surface area contributed by atoms with Crippen molar-refractivity contribution in [1.82, 2.24) is 5.06 Å². The van der Waals surface area contributed by atoms with Crippen molar-refractivity contribution in [1.29, 1.82) is 0 Å². The van der Waals surface area contributed by atoms with Crippen LogP contribution in [-0.4, -0.2) is 33.1 Å². The molecule has 4 heteroatoms. The van der Waals surface area contributed by atoms with Gasteiger partial charge in [0.2, 0.25) is 8.32 Å². The lowest BCUT2D eigenvalue weighted by atomic mass is 10.4. The molecule has 1 rings (SSSR count). The van der Waals surface area contributed by atoms with E-state index in [1.165, 1.54) is 0 Å². The molecule has 0 aromatic carbocycles. The summed E-state index contributed by atoms with van der Waals surface area (Å²) in [6, 6.07) is 0. The molecule has 1 fully saturated rings. The molecule has 0 saturated carbocycles. The van der Waals surface area contributed by atoms with Crippen molar-refractivity contribution in [3.05, 3.63) is 11.8 Å². The Morgan fingerprint density at radius 3 is 2.46 bits per heavy atom. The second-order valence-corrected chi connectivity index (χ2v) is 8.86. The van der Waals surface area contributed by atoms with Gasteiger partial charge in [-0.3, -0.25) is 4.84 Å². The lowest BCUT2D eigenvalue weighted by Gasteiger charge is -2.16. The van der Waals surface area contributed by atoms with E-state index in [9.17, 15) is 0 Å². The summed E-state index contributed by atoms with van der Waals surface area (Å²) in [5, 5.41) is 1.94. The van der Waals surface area contributed by atoms with Crippen LogP contribution in [0.3, 0.4) is 0 Å². The van der Waals surface area contributed by atoms with Crippen molar-refractivity contribution >= 4 is 8.32 Å². The van der Waals surface area contributed by atoms with Gasteiger partial charge in [0.15, 0.2) is 0 Å². The molecule has 3 nitrogen and oxygen atoms in total. The van der Waals surface area contributed by atoms with Gasteiger partial charge in [-0.05, 0) is 32.1 Å². The van der Waals surface area contributed by atoms with Gasteiger partial charge in [0.05, 0.1) is 12.9 Å². The van der Waals surface area contributed by atoms with Crippen LogP contribution in [-0.2, 0) is 9.26 Å². The van der Waals surface area contributed by atoms with Crippen LogP contribution >= 0.6 is 0 Å². The molecule has 0 aromatic heterocycles. The summed E-state index contributed by atoms with van der Waals surface area (Å²) < 4.78 is 5.62. The van der Waals surface area contributed by atoms with Gasteiger partial charge in [-0.25, -0.2) is 0 Å². The van der Waals surface area contributed by atoms with E-state index in [0.717, 1.165) is 18.7 Å². The summed E-state index contributed by atoms with van der Waals surface area (Å²) in [6.07, 6.45) is 1.84. The molecular formula is C9H19NO2Si. The van der Waals surface area contributed by atoms with E-state index in [-0.39, 0.29) is 0 Å². The molecule has 0 radical (unpaired) electrons. The van der Waals surface area contributed by atoms with Crippen molar-refractivity contribution in [2.75, 3.05) is 19.7 Å². The van der Waals surface area contributed by atoms with E-state index >= 15 is 0 Å². The molecular weight excluding hydrogens is 182 g/mol. The third kappa shape index (κ3) is 5.85. The lowest BCUT2D eigenvalue weighted by molar-refractivity contribution is -0.0516. The van der Waals surface area contributed by atoms with Gasteiger partial charge < -0.3 is 4.43 Å². The van der Waals surface area contributed by atoms with Crippen LogP contribution in [0.15, 0.2) is 11.8 Å². The molecule has 0 spiro atoms. The molecule has 1 saturated heterocycles. The Labute approximate surface area is 81.4 Å². The average Bonchev–Trinajstić information content (AvgIpc) is 2.78. The second kappa shape index (κ2) is 4.26. The van der Waals surface area contributed by atoms with Crippen LogP contribution in [0.25, 0.3) is 0 Å². The summed E-state index contributed by atoms with van der Waals surface area (Å²) in [5.74, 6) is 0. The summed E-state index contributed by atoms with van der Waals surface area (Å²) in [5.41, 5.74) is 1.15. The van der Waals surface area contributed by atoms with Gasteiger partial charge in [-0.2, -0.15) is 5.06 Å². The fraction of sp³-hybridized carbons (Fsp3) is 0.778. The molecule has 0 unspecified atom stereocenters. The third-order valence-corrected chi connectivity index (χ3v) is 2.32. The van der Waals surface area contributed by atoms with E-state index in [0.29, 0.717) is 6.61 Å². The minimum Gasteiger partial charge on any atom is -0.550 e. The van der Waals surface area contributed by atoms with E-state index in [4.69, 9.17) is 9.26 Å². The minimum atomic E-state index is -1.41. The summed E-state index contributed by atoms with van der Waals surface area (Å²) in [6.45, 7) is 11.3. The van der Waals surface area contributed by atoms with Gasteiger partial charge in [0, 0.05) is 13.1 Å². The maximum atomic E-state index is 5.62. The van der Waals surface area contributed by atoms with Crippen LogP contribution < -0.4 is 0 Å². The second-order valence-electron chi connectivity index (χ2n) is 4.40. The monoisotopic (exact) mass is 201 g/mol. The van der Waals surface area contributed by atoms with Crippen LogP contribution in [0.1, 0.15) is 6.92 Å². The Morgan fingerprint density at radius 1 is 1.38 bits per heavy atom. The zero-order valence-electron chi connectivity index (χ0n) is 8.96.